The van der Waals surface area contributed by atoms with Crippen molar-refractivity contribution in [1.82, 2.24) is 4.90 Å². The Kier molecular flexibility index (Phi) is 7.38. The standard InChI is InChI=1S/C25H36N2O/c1-5-6-16-27-17-15-25(21-9-11-23(12-10-21)26(3)4)22(18-27)19-28-24-13-7-20(2)8-14-24/h7-14,22,25H,5-6,15-19H2,1-4H3. The number of hydrogen-bond donors (Lipinski definition) is 0. The van der Waals surface area contributed by atoms with Crippen molar-refractivity contribution in [1.29, 1.82) is 0 Å². The Labute approximate surface area is 171 Å². The molecule has 2 aromatic carbocycles. The molecule has 0 N–H and O–H groups in total. The average Bonchev–Trinajstić information content (AvgIpc) is 2.72. The normalized spacial score (nSPS) is 20.1. The molecular weight excluding hydrogens is 344 g/mol. The van der Waals surface area contributed by atoms with Gasteiger partial charge in [0.05, 0.1) is 6.61 Å². The minimum absolute atomic E-state index is 0.525. The molecule has 0 amide bonds. The van der Waals surface area contributed by atoms with Crippen LogP contribution in [0.5, 0.6) is 5.75 Å². The third-order valence-corrected chi connectivity index (χ3v) is 5.97. The zero-order valence-electron chi connectivity index (χ0n) is 18.0. The highest BCUT2D eigenvalue weighted by Gasteiger charge is 2.30. The summed E-state index contributed by atoms with van der Waals surface area (Å²) in [6, 6.07) is 17.6. The van der Waals surface area contributed by atoms with Crippen LogP contribution in [-0.4, -0.2) is 45.2 Å². The van der Waals surface area contributed by atoms with E-state index in [0.717, 1.165) is 18.9 Å². The lowest BCUT2D eigenvalue weighted by Gasteiger charge is -2.39. The molecule has 152 valence electrons. The fourth-order valence-corrected chi connectivity index (χ4v) is 4.16. The Morgan fingerprint density at radius 3 is 2.39 bits per heavy atom. The summed E-state index contributed by atoms with van der Waals surface area (Å²) >= 11 is 0. The van der Waals surface area contributed by atoms with Gasteiger partial charge in [0.15, 0.2) is 0 Å². The van der Waals surface area contributed by atoms with Crippen LogP contribution in [0.4, 0.5) is 5.69 Å². The molecule has 0 saturated carbocycles. The minimum Gasteiger partial charge on any atom is -0.493 e. The van der Waals surface area contributed by atoms with Gasteiger partial charge in [0.2, 0.25) is 0 Å². The van der Waals surface area contributed by atoms with Crippen molar-refractivity contribution >= 4 is 5.69 Å². The second-order valence-corrected chi connectivity index (χ2v) is 8.42. The zero-order valence-corrected chi connectivity index (χ0v) is 18.0. The van der Waals surface area contributed by atoms with Crippen molar-refractivity contribution in [3.63, 3.8) is 0 Å². The largest absolute Gasteiger partial charge is 0.493 e. The van der Waals surface area contributed by atoms with E-state index < -0.39 is 0 Å². The maximum absolute atomic E-state index is 6.23. The maximum Gasteiger partial charge on any atom is 0.119 e. The number of piperidine rings is 1. The summed E-state index contributed by atoms with van der Waals surface area (Å²) in [6.07, 6.45) is 3.76. The molecule has 3 heteroatoms. The summed E-state index contributed by atoms with van der Waals surface area (Å²) in [5.41, 5.74) is 3.99. The first kappa shape index (κ1) is 20.7. The van der Waals surface area contributed by atoms with Gasteiger partial charge in [0, 0.05) is 32.2 Å². The molecule has 0 spiro atoms. The number of nitrogens with zero attached hydrogens (tertiary/aromatic N) is 2. The Balaban J connectivity index is 1.71. The molecule has 3 rings (SSSR count). The van der Waals surface area contributed by atoms with Crippen LogP contribution in [-0.2, 0) is 0 Å². The summed E-state index contributed by atoms with van der Waals surface area (Å²) in [4.78, 5) is 4.80. The molecular formula is C25H36N2O. The number of hydrogen-bond acceptors (Lipinski definition) is 3. The smallest absolute Gasteiger partial charge is 0.119 e. The molecule has 1 saturated heterocycles. The van der Waals surface area contributed by atoms with E-state index in [1.807, 2.05) is 0 Å². The van der Waals surface area contributed by atoms with Crippen LogP contribution in [0.3, 0.4) is 0 Å². The van der Waals surface area contributed by atoms with Gasteiger partial charge in [0.25, 0.3) is 0 Å². The number of benzene rings is 2. The van der Waals surface area contributed by atoms with Gasteiger partial charge in [-0.15, -0.1) is 0 Å². The van der Waals surface area contributed by atoms with Crippen molar-refractivity contribution in [3.05, 3.63) is 59.7 Å². The summed E-state index contributed by atoms with van der Waals surface area (Å²) in [6.45, 7) is 8.71. The SMILES string of the molecule is CCCCN1CCC(c2ccc(N(C)C)cc2)C(COc2ccc(C)cc2)C1. The number of unbranched alkanes of at least 4 members (excludes halogenated alkanes) is 1. The Morgan fingerprint density at radius 1 is 1.04 bits per heavy atom. The maximum atomic E-state index is 6.23. The van der Waals surface area contributed by atoms with Gasteiger partial charge in [0.1, 0.15) is 5.75 Å². The Hall–Kier alpha value is -2.00. The van der Waals surface area contributed by atoms with Crippen molar-refractivity contribution in [2.45, 2.75) is 39.0 Å². The lowest BCUT2D eigenvalue weighted by atomic mass is 9.80. The first-order chi connectivity index (χ1) is 13.6. The molecule has 2 unspecified atom stereocenters. The highest BCUT2D eigenvalue weighted by Crippen LogP contribution is 2.34. The zero-order chi connectivity index (χ0) is 19.9. The molecule has 2 aromatic rings. The van der Waals surface area contributed by atoms with Gasteiger partial charge in [-0.1, -0.05) is 43.2 Å². The molecule has 0 aromatic heterocycles. The highest BCUT2D eigenvalue weighted by molar-refractivity contribution is 5.46. The predicted molar refractivity (Wildman–Crippen MR) is 120 cm³/mol. The molecule has 0 radical (unpaired) electrons. The number of rotatable bonds is 8. The molecule has 1 aliphatic rings. The summed E-state index contributed by atoms with van der Waals surface area (Å²) < 4.78 is 6.23. The fourth-order valence-electron chi connectivity index (χ4n) is 4.16. The second-order valence-electron chi connectivity index (χ2n) is 8.42. The van der Waals surface area contributed by atoms with Crippen LogP contribution in [0.1, 0.15) is 43.2 Å². The van der Waals surface area contributed by atoms with E-state index in [1.54, 1.807) is 0 Å². The number of ether oxygens (including phenoxy) is 1. The lowest BCUT2D eigenvalue weighted by Crippen LogP contribution is -2.42. The van der Waals surface area contributed by atoms with Crippen LogP contribution in [0, 0.1) is 12.8 Å². The summed E-state index contributed by atoms with van der Waals surface area (Å²) in [5.74, 6) is 2.08. The third-order valence-electron chi connectivity index (χ3n) is 5.97. The van der Waals surface area contributed by atoms with Crippen molar-refractivity contribution in [2.75, 3.05) is 45.2 Å². The van der Waals surface area contributed by atoms with Crippen LogP contribution in [0.15, 0.2) is 48.5 Å². The number of aryl methyl sites for hydroxylation is 1. The minimum atomic E-state index is 0.525. The van der Waals surface area contributed by atoms with Gasteiger partial charge < -0.3 is 14.5 Å². The molecule has 2 atom stereocenters. The van der Waals surface area contributed by atoms with Crippen LogP contribution in [0.2, 0.25) is 0 Å². The van der Waals surface area contributed by atoms with E-state index in [1.165, 1.54) is 49.2 Å². The first-order valence-electron chi connectivity index (χ1n) is 10.8. The van der Waals surface area contributed by atoms with Crippen LogP contribution in [0.25, 0.3) is 0 Å². The van der Waals surface area contributed by atoms with Crippen LogP contribution >= 0.6 is 0 Å². The van der Waals surface area contributed by atoms with Gasteiger partial charge in [-0.05, 0) is 68.6 Å². The van der Waals surface area contributed by atoms with Crippen molar-refractivity contribution in [3.8, 4) is 5.75 Å². The highest BCUT2D eigenvalue weighted by atomic mass is 16.5. The van der Waals surface area contributed by atoms with E-state index in [9.17, 15) is 0 Å². The molecule has 0 aliphatic carbocycles. The number of anilines is 1. The molecule has 1 aliphatic heterocycles. The van der Waals surface area contributed by atoms with Gasteiger partial charge in [-0.3, -0.25) is 0 Å². The van der Waals surface area contributed by atoms with Crippen molar-refractivity contribution in [2.24, 2.45) is 5.92 Å². The predicted octanol–water partition coefficient (Wildman–Crippen LogP) is 5.35. The van der Waals surface area contributed by atoms with Gasteiger partial charge >= 0.3 is 0 Å². The molecule has 1 heterocycles. The molecule has 3 nitrogen and oxygen atoms in total. The Bertz CT molecular complexity index is 708. The monoisotopic (exact) mass is 380 g/mol. The van der Waals surface area contributed by atoms with E-state index in [4.69, 9.17) is 4.74 Å². The van der Waals surface area contributed by atoms with E-state index in [-0.39, 0.29) is 0 Å². The van der Waals surface area contributed by atoms with E-state index in [0.29, 0.717) is 11.8 Å². The average molecular weight is 381 g/mol. The third kappa shape index (κ3) is 5.51. The molecule has 1 fully saturated rings. The topological polar surface area (TPSA) is 15.7 Å². The van der Waals surface area contributed by atoms with E-state index >= 15 is 0 Å². The molecule has 28 heavy (non-hydrogen) atoms. The van der Waals surface area contributed by atoms with Gasteiger partial charge in [-0.2, -0.15) is 0 Å². The second kappa shape index (κ2) is 9.97. The first-order valence-corrected chi connectivity index (χ1v) is 10.8. The summed E-state index contributed by atoms with van der Waals surface area (Å²) in [7, 11) is 4.19. The van der Waals surface area contributed by atoms with E-state index in [2.05, 4.69) is 86.3 Å². The van der Waals surface area contributed by atoms with Gasteiger partial charge in [-0.25, -0.2) is 0 Å². The van der Waals surface area contributed by atoms with Crippen LogP contribution < -0.4 is 9.64 Å². The number of likely N-dealkylation sites (tertiary alicyclic amines) is 1. The molecule has 0 bridgehead atoms. The van der Waals surface area contributed by atoms with Crippen molar-refractivity contribution < 1.29 is 4.74 Å². The Morgan fingerprint density at radius 2 is 1.75 bits per heavy atom. The fraction of sp³-hybridized carbons (Fsp3) is 0.520. The lowest BCUT2D eigenvalue weighted by molar-refractivity contribution is 0.110. The summed E-state index contributed by atoms with van der Waals surface area (Å²) in [5, 5.41) is 0. The quantitative estimate of drug-likeness (QED) is 0.614.